The fraction of sp³-hybridized carbons (Fsp3) is 0.346. The molecular weight excluding hydrogens is 406 g/mol. The molecule has 3 aromatic rings. The number of likely N-dealkylation sites (tertiary alicyclic amines) is 1. The van der Waals surface area contributed by atoms with Crippen LogP contribution >= 0.6 is 11.3 Å². The fourth-order valence-corrected chi connectivity index (χ4v) is 6.53. The number of hydrogen-bond donors (Lipinski definition) is 0. The number of ether oxygens (including phenoxy) is 2. The first-order chi connectivity index (χ1) is 15.3. The maximum Gasteiger partial charge on any atom is 0.410 e. The van der Waals surface area contributed by atoms with Gasteiger partial charge in [0.05, 0.1) is 12.6 Å². The molecule has 6 rings (SSSR count). The quantitative estimate of drug-likeness (QED) is 0.528. The van der Waals surface area contributed by atoms with E-state index in [-0.39, 0.29) is 24.2 Å². The number of fused-ring (bicyclic) bond motifs is 4. The third-order valence-electron chi connectivity index (χ3n) is 6.93. The van der Waals surface area contributed by atoms with Crippen LogP contribution in [-0.4, -0.2) is 36.8 Å². The fourth-order valence-electron chi connectivity index (χ4n) is 5.47. The second-order valence-corrected chi connectivity index (χ2v) is 9.51. The molecule has 1 unspecified atom stereocenters. The van der Waals surface area contributed by atoms with Gasteiger partial charge in [-0.3, -0.25) is 0 Å². The van der Waals surface area contributed by atoms with E-state index in [1.54, 1.807) is 11.3 Å². The monoisotopic (exact) mass is 431 g/mol. The summed E-state index contributed by atoms with van der Waals surface area (Å²) in [6, 6.07) is 19.2. The van der Waals surface area contributed by atoms with E-state index in [9.17, 15) is 4.79 Å². The molecule has 0 spiro atoms. The van der Waals surface area contributed by atoms with E-state index in [1.807, 2.05) is 4.90 Å². The first-order valence-electron chi connectivity index (χ1n) is 11.1. The summed E-state index contributed by atoms with van der Waals surface area (Å²) in [4.78, 5) is 16.4. The van der Waals surface area contributed by atoms with Crippen molar-refractivity contribution in [2.75, 3.05) is 19.8 Å². The Labute approximate surface area is 186 Å². The Morgan fingerprint density at radius 2 is 1.81 bits per heavy atom. The van der Waals surface area contributed by atoms with E-state index >= 15 is 0 Å². The minimum absolute atomic E-state index is 0.0215. The van der Waals surface area contributed by atoms with Gasteiger partial charge in [0.25, 0.3) is 0 Å². The lowest BCUT2D eigenvalue weighted by Crippen LogP contribution is -2.41. The van der Waals surface area contributed by atoms with Crippen LogP contribution in [0.2, 0.25) is 0 Å². The van der Waals surface area contributed by atoms with Gasteiger partial charge in [-0.15, -0.1) is 11.3 Å². The van der Waals surface area contributed by atoms with Crippen LogP contribution in [0, 0.1) is 0 Å². The number of thiophene rings is 1. The first-order valence-corrected chi connectivity index (χ1v) is 12.0. The molecule has 0 radical (unpaired) electrons. The zero-order valence-corrected chi connectivity index (χ0v) is 18.1. The van der Waals surface area contributed by atoms with E-state index in [1.165, 1.54) is 32.7 Å². The first kappa shape index (κ1) is 19.1. The second kappa shape index (κ2) is 7.81. The van der Waals surface area contributed by atoms with Crippen LogP contribution in [-0.2, 0) is 15.9 Å². The van der Waals surface area contributed by atoms with Gasteiger partial charge in [-0.2, -0.15) is 0 Å². The maximum atomic E-state index is 13.2. The van der Waals surface area contributed by atoms with E-state index in [4.69, 9.17) is 9.47 Å². The highest BCUT2D eigenvalue weighted by Gasteiger charge is 2.40. The molecule has 0 N–H and O–H groups in total. The maximum absolute atomic E-state index is 13.2. The molecule has 158 valence electrons. The molecule has 1 fully saturated rings. The molecule has 1 aromatic heterocycles. The van der Waals surface area contributed by atoms with Gasteiger partial charge < -0.3 is 14.4 Å². The molecule has 2 aliphatic heterocycles. The largest absolute Gasteiger partial charge is 0.448 e. The van der Waals surface area contributed by atoms with Gasteiger partial charge in [0.1, 0.15) is 12.7 Å². The average molecular weight is 432 g/mol. The topological polar surface area (TPSA) is 38.8 Å². The smallest absolute Gasteiger partial charge is 0.410 e. The van der Waals surface area contributed by atoms with Gasteiger partial charge in [-0.1, -0.05) is 48.5 Å². The lowest BCUT2D eigenvalue weighted by Gasteiger charge is -2.33. The number of rotatable bonds is 3. The van der Waals surface area contributed by atoms with Crippen LogP contribution in [0.25, 0.3) is 11.1 Å². The highest BCUT2D eigenvalue weighted by molar-refractivity contribution is 7.10. The molecule has 4 nitrogen and oxygen atoms in total. The summed E-state index contributed by atoms with van der Waals surface area (Å²) in [7, 11) is 0. The molecular formula is C26H25NO3S. The Morgan fingerprint density at radius 3 is 2.58 bits per heavy atom. The van der Waals surface area contributed by atoms with Crippen molar-refractivity contribution in [2.24, 2.45) is 0 Å². The van der Waals surface area contributed by atoms with E-state index < -0.39 is 0 Å². The lowest BCUT2D eigenvalue weighted by molar-refractivity contribution is -0.0103. The predicted octanol–water partition coefficient (Wildman–Crippen LogP) is 5.78. The summed E-state index contributed by atoms with van der Waals surface area (Å²) in [6.07, 6.45) is 2.69. The van der Waals surface area contributed by atoms with Crippen molar-refractivity contribution in [2.45, 2.75) is 37.3 Å². The highest BCUT2D eigenvalue weighted by Crippen LogP contribution is 2.45. The Hall–Kier alpha value is -2.63. The van der Waals surface area contributed by atoms with Crippen molar-refractivity contribution in [1.29, 1.82) is 0 Å². The predicted molar refractivity (Wildman–Crippen MR) is 122 cm³/mol. The molecule has 2 atom stereocenters. The Bertz CT molecular complexity index is 1080. The normalized spacial score (nSPS) is 22.1. The van der Waals surface area contributed by atoms with Crippen molar-refractivity contribution in [3.05, 3.63) is 81.5 Å². The molecule has 2 aromatic carbocycles. The Balaban J connectivity index is 1.20. The summed E-state index contributed by atoms with van der Waals surface area (Å²) in [5, 5.41) is 2.14. The molecule has 3 heterocycles. The van der Waals surface area contributed by atoms with Gasteiger partial charge in [0.15, 0.2) is 0 Å². The number of carbonyl (C=O) groups excluding carboxylic acids is 1. The summed E-state index contributed by atoms with van der Waals surface area (Å²) < 4.78 is 12.1. The summed E-state index contributed by atoms with van der Waals surface area (Å²) >= 11 is 1.75. The minimum Gasteiger partial charge on any atom is -0.448 e. The summed E-state index contributed by atoms with van der Waals surface area (Å²) in [5.41, 5.74) is 6.36. The van der Waals surface area contributed by atoms with Crippen molar-refractivity contribution in [1.82, 2.24) is 4.90 Å². The van der Waals surface area contributed by atoms with Crippen LogP contribution in [0.3, 0.4) is 0 Å². The van der Waals surface area contributed by atoms with Crippen LogP contribution < -0.4 is 0 Å². The van der Waals surface area contributed by atoms with Crippen LogP contribution in [0.4, 0.5) is 4.79 Å². The van der Waals surface area contributed by atoms with Crippen LogP contribution in [0.1, 0.15) is 46.4 Å². The van der Waals surface area contributed by atoms with Crippen LogP contribution in [0.15, 0.2) is 60.0 Å². The summed E-state index contributed by atoms with van der Waals surface area (Å²) in [5.74, 6) is 0.0900. The Morgan fingerprint density at radius 1 is 1.06 bits per heavy atom. The van der Waals surface area contributed by atoms with Crippen molar-refractivity contribution >= 4 is 17.4 Å². The van der Waals surface area contributed by atoms with Crippen molar-refractivity contribution < 1.29 is 14.3 Å². The zero-order valence-electron chi connectivity index (χ0n) is 17.3. The number of nitrogens with zero attached hydrogens (tertiary/aromatic N) is 1. The molecule has 0 saturated carbocycles. The van der Waals surface area contributed by atoms with Crippen molar-refractivity contribution in [3.63, 3.8) is 0 Å². The molecule has 0 bridgehead atoms. The number of carbonyl (C=O) groups is 1. The number of hydrogen-bond acceptors (Lipinski definition) is 4. The number of amides is 1. The molecule has 1 aliphatic carbocycles. The van der Waals surface area contributed by atoms with Gasteiger partial charge >= 0.3 is 6.09 Å². The van der Waals surface area contributed by atoms with Gasteiger partial charge in [0, 0.05) is 17.3 Å². The molecule has 1 saturated heterocycles. The third kappa shape index (κ3) is 3.19. The summed E-state index contributed by atoms with van der Waals surface area (Å²) in [6.45, 7) is 1.83. The molecule has 5 heteroatoms. The average Bonchev–Trinajstić information content (AvgIpc) is 3.54. The lowest BCUT2D eigenvalue weighted by atomic mass is 9.98. The van der Waals surface area contributed by atoms with E-state index in [2.05, 4.69) is 60.0 Å². The van der Waals surface area contributed by atoms with Gasteiger partial charge in [-0.25, -0.2) is 4.79 Å². The molecule has 31 heavy (non-hydrogen) atoms. The number of benzene rings is 2. The van der Waals surface area contributed by atoms with Crippen molar-refractivity contribution in [3.8, 4) is 11.1 Å². The Kier molecular flexibility index (Phi) is 4.81. The molecule has 1 amide bonds. The SMILES string of the molecule is O=C(OCC1c2ccccc2-c2ccccc21)N1CCCC1[C@H]1OCCc2ccsc21. The zero-order chi connectivity index (χ0) is 20.8. The highest BCUT2D eigenvalue weighted by atomic mass is 32.1. The minimum atomic E-state index is -0.211. The van der Waals surface area contributed by atoms with E-state index in [0.717, 1.165) is 32.4 Å². The van der Waals surface area contributed by atoms with Gasteiger partial charge in [-0.05, 0) is 58.5 Å². The van der Waals surface area contributed by atoms with Crippen LogP contribution in [0.5, 0.6) is 0 Å². The van der Waals surface area contributed by atoms with Gasteiger partial charge in [0.2, 0.25) is 0 Å². The molecule has 3 aliphatic rings. The standard InChI is InChI=1S/C26H25NO3S/c28-26(27-13-5-10-23(27)24-25-17(11-14-29-24)12-15-31-25)30-16-22-20-8-3-1-6-18(20)19-7-2-4-9-21(19)22/h1-4,6-9,12,15,22-24H,5,10-11,13-14,16H2/t23?,24-/m1/s1. The van der Waals surface area contributed by atoms with E-state index in [0.29, 0.717) is 6.61 Å². The second-order valence-electron chi connectivity index (χ2n) is 8.56. The third-order valence-corrected chi connectivity index (χ3v) is 7.95.